The molecule has 0 aromatic carbocycles. The lowest BCUT2D eigenvalue weighted by atomic mass is 9.93. The van der Waals surface area contributed by atoms with E-state index in [1.807, 2.05) is 0 Å². The van der Waals surface area contributed by atoms with Gasteiger partial charge in [-0.2, -0.15) is 0 Å². The Balaban J connectivity index is 2.05. The molecule has 1 aromatic heterocycles. The Kier molecular flexibility index (Phi) is 4.19. The lowest BCUT2D eigenvalue weighted by molar-refractivity contribution is 0.0371. The van der Waals surface area contributed by atoms with Gasteiger partial charge in [0.15, 0.2) is 5.13 Å². The molecule has 20 heavy (non-hydrogen) atoms. The molecule has 7 heteroatoms. The minimum atomic E-state index is -0.934. The molecule has 1 fully saturated rings. The van der Waals surface area contributed by atoms with Gasteiger partial charge in [-0.3, -0.25) is 4.79 Å². The number of amides is 1. The molecular formula is C13H22N4O2S. The SMILES string of the molecule is CN(CC(C)(C)O)C(=O)c1sc(NC2CCC2)nc1N. The molecule has 4 N–H and O–H groups in total. The standard InChI is InChI=1S/C13H22N4O2S/c1-13(2,19)7-17(3)11(18)9-10(14)16-12(20-9)15-8-5-4-6-8/h8,19H,4-7,14H2,1-3H3,(H,15,16). The van der Waals surface area contributed by atoms with Gasteiger partial charge < -0.3 is 21.1 Å². The van der Waals surface area contributed by atoms with Crippen molar-refractivity contribution < 1.29 is 9.90 Å². The van der Waals surface area contributed by atoms with Crippen LogP contribution in [0.3, 0.4) is 0 Å². The third-order valence-corrected chi connectivity index (χ3v) is 4.24. The van der Waals surface area contributed by atoms with Crippen LogP contribution in [-0.4, -0.2) is 46.1 Å². The van der Waals surface area contributed by atoms with Crippen LogP contribution in [0.4, 0.5) is 10.9 Å². The first-order valence-electron chi connectivity index (χ1n) is 6.77. The van der Waals surface area contributed by atoms with Crippen molar-refractivity contribution in [1.82, 2.24) is 9.88 Å². The van der Waals surface area contributed by atoms with Crippen molar-refractivity contribution in [1.29, 1.82) is 0 Å². The second kappa shape index (κ2) is 5.57. The van der Waals surface area contributed by atoms with Crippen molar-refractivity contribution in [3.8, 4) is 0 Å². The highest BCUT2D eigenvalue weighted by atomic mass is 32.1. The van der Waals surface area contributed by atoms with E-state index < -0.39 is 5.60 Å². The van der Waals surface area contributed by atoms with E-state index in [9.17, 15) is 9.90 Å². The lowest BCUT2D eigenvalue weighted by Gasteiger charge is -2.26. The number of aliphatic hydroxyl groups is 1. The smallest absolute Gasteiger partial charge is 0.267 e. The molecule has 1 heterocycles. The van der Waals surface area contributed by atoms with Gasteiger partial charge in [0, 0.05) is 19.6 Å². The van der Waals surface area contributed by atoms with Gasteiger partial charge in [-0.25, -0.2) is 4.98 Å². The second-order valence-electron chi connectivity index (χ2n) is 5.98. The third kappa shape index (κ3) is 3.61. The number of nitrogens with zero attached hydrogens (tertiary/aromatic N) is 2. The predicted octanol–water partition coefficient (Wildman–Crippen LogP) is 1.53. The number of carbonyl (C=O) groups excluding carboxylic acids is 1. The Morgan fingerprint density at radius 1 is 1.60 bits per heavy atom. The average Bonchev–Trinajstić information content (AvgIpc) is 2.61. The van der Waals surface area contributed by atoms with Crippen LogP contribution in [0, 0.1) is 0 Å². The highest BCUT2D eigenvalue weighted by Gasteiger charge is 2.25. The number of rotatable bonds is 5. The highest BCUT2D eigenvalue weighted by Crippen LogP contribution is 2.30. The van der Waals surface area contributed by atoms with Crippen LogP contribution in [-0.2, 0) is 0 Å². The molecule has 6 nitrogen and oxygen atoms in total. The summed E-state index contributed by atoms with van der Waals surface area (Å²) in [5.41, 5.74) is 4.89. The molecular weight excluding hydrogens is 276 g/mol. The van der Waals surface area contributed by atoms with E-state index in [4.69, 9.17) is 5.73 Å². The van der Waals surface area contributed by atoms with Crippen molar-refractivity contribution in [2.45, 2.75) is 44.8 Å². The summed E-state index contributed by atoms with van der Waals surface area (Å²) in [5, 5.41) is 13.8. The van der Waals surface area contributed by atoms with Gasteiger partial charge >= 0.3 is 0 Å². The Hall–Kier alpha value is -1.34. The van der Waals surface area contributed by atoms with E-state index in [-0.39, 0.29) is 18.3 Å². The number of nitrogen functional groups attached to an aromatic ring is 1. The van der Waals surface area contributed by atoms with Gasteiger partial charge in [-0.1, -0.05) is 11.3 Å². The van der Waals surface area contributed by atoms with Gasteiger partial charge in [0.25, 0.3) is 5.91 Å². The molecule has 0 saturated heterocycles. The molecule has 1 aliphatic rings. The molecule has 1 saturated carbocycles. The fourth-order valence-corrected chi connectivity index (χ4v) is 3.06. The summed E-state index contributed by atoms with van der Waals surface area (Å²) < 4.78 is 0. The van der Waals surface area contributed by atoms with E-state index >= 15 is 0 Å². The van der Waals surface area contributed by atoms with Gasteiger partial charge in [-0.05, 0) is 33.1 Å². The van der Waals surface area contributed by atoms with E-state index in [0.29, 0.717) is 16.1 Å². The van der Waals surface area contributed by atoms with Crippen LogP contribution in [0.2, 0.25) is 0 Å². The van der Waals surface area contributed by atoms with Gasteiger partial charge in [0.05, 0.1) is 5.60 Å². The number of hydrogen-bond donors (Lipinski definition) is 3. The minimum absolute atomic E-state index is 0.205. The average molecular weight is 298 g/mol. The van der Waals surface area contributed by atoms with Gasteiger partial charge in [0.2, 0.25) is 0 Å². The summed E-state index contributed by atoms with van der Waals surface area (Å²) in [6.07, 6.45) is 3.52. The molecule has 0 spiro atoms. The molecule has 1 amide bonds. The van der Waals surface area contributed by atoms with Crippen LogP contribution in [0.25, 0.3) is 0 Å². The number of anilines is 2. The normalized spacial score (nSPS) is 15.8. The fraction of sp³-hybridized carbons (Fsp3) is 0.692. The summed E-state index contributed by atoms with van der Waals surface area (Å²) in [7, 11) is 1.65. The minimum Gasteiger partial charge on any atom is -0.389 e. The summed E-state index contributed by atoms with van der Waals surface area (Å²) >= 11 is 1.28. The van der Waals surface area contributed by atoms with Gasteiger partial charge in [-0.15, -0.1) is 0 Å². The van der Waals surface area contributed by atoms with Gasteiger partial charge in [0.1, 0.15) is 10.7 Å². The number of thiazole rings is 1. The monoisotopic (exact) mass is 298 g/mol. The first-order chi connectivity index (χ1) is 9.26. The Morgan fingerprint density at radius 3 is 2.75 bits per heavy atom. The van der Waals surface area contributed by atoms with Crippen molar-refractivity contribution in [3.63, 3.8) is 0 Å². The largest absolute Gasteiger partial charge is 0.389 e. The molecule has 1 aliphatic carbocycles. The van der Waals surface area contributed by atoms with Crippen molar-refractivity contribution in [2.75, 3.05) is 24.6 Å². The number of likely N-dealkylation sites (N-methyl/N-ethyl adjacent to an activating group) is 1. The molecule has 1 aromatic rings. The number of aromatic nitrogens is 1. The van der Waals surface area contributed by atoms with Crippen molar-refractivity contribution in [2.24, 2.45) is 0 Å². The zero-order valence-electron chi connectivity index (χ0n) is 12.1. The molecule has 0 unspecified atom stereocenters. The number of nitrogens with two attached hydrogens (primary N) is 1. The van der Waals surface area contributed by atoms with E-state index in [2.05, 4.69) is 10.3 Å². The fourth-order valence-electron chi connectivity index (χ4n) is 2.10. The number of carbonyl (C=O) groups is 1. The Bertz CT molecular complexity index is 491. The molecule has 112 valence electrons. The first kappa shape index (κ1) is 15.1. The second-order valence-corrected chi connectivity index (χ2v) is 6.98. The van der Waals surface area contributed by atoms with E-state index in [0.717, 1.165) is 12.8 Å². The van der Waals surface area contributed by atoms with Crippen LogP contribution in [0.5, 0.6) is 0 Å². The van der Waals surface area contributed by atoms with Crippen molar-refractivity contribution in [3.05, 3.63) is 4.88 Å². The molecule has 2 rings (SSSR count). The maximum Gasteiger partial charge on any atom is 0.267 e. The molecule has 0 atom stereocenters. The highest BCUT2D eigenvalue weighted by molar-refractivity contribution is 7.18. The van der Waals surface area contributed by atoms with Crippen LogP contribution >= 0.6 is 11.3 Å². The Labute approximate surface area is 123 Å². The first-order valence-corrected chi connectivity index (χ1v) is 7.58. The lowest BCUT2D eigenvalue weighted by Crippen LogP contribution is -2.39. The molecule has 0 aliphatic heterocycles. The van der Waals surface area contributed by atoms with Crippen LogP contribution in [0.15, 0.2) is 0 Å². The maximum absolute atomic E-state index is 12.3. The predicted molar refractivity (Wildman–Crippen MR) is 81.0 cm³/mol. The van der Waals surface area contributed by atoms with E-state index in [1.165, 1.54) is 22.7 Å². The Morgan fingerprint density at radius 2 is 2.25 bits per heavy atom. The zero-order chi connectivity index (χ0) is 14.9. The number of hydrogen-bond acceptors (Lipinski definition) is 6. The maximum atomic E-state index is 12.3. The zero-order valence-corrected chi connectivity index (χ0v) is 13.0. The van der Waals surface area contributed by atoms with E-state index in [1.54, 1.807) is 20.9 Å². The summed E-state index contributed by atoms with van der Waals surface area (Å²) in [6.45, 7) is 3.57. The summed E-state index contributed by atoms with van der Waals surface area (Å²) in [6, 6.07) is 0.456. The summed E-state index contributed by atoms with van der Waals surface area (Å²) in [4.78, 5) is 18.4. The number of nitrogens with one attached hydrogen (secondary N) is 1. The molecule has 0 radical (unpaired) electrons. The van der Waals surface area contributed by atoms with Crippen LogP contribution in [0.1, 0.15) is 42.8 Å². The van der Waals surface area contributed by atoms with Crippen molar-refractivity contribution >= 4 is 28.2 Å². The molecule has 0 bridgehead atoms. The quantitative estimate of drug-likeness (QED) is 0.767. The summed E-state index contributed by atoms with van der Waals surface area (Å²) in [5.74, 6) is 0.0493. The topological polar surface area (TPSA) is 91.5 Å². The third-order valence-electron chi connectivity index (χ3n) is 3.25. The van der Waals surface area contributed by atoms with Crippen LogP contribution < -0.4 is 11.1 Å².